The molecule has 4 N–H and O–H groups in total. The van der Waals surface area contributed by atoms with Crippen LogP contribution in [0.2, 0.25) is 0 Å². The van der Waals surface area contributed by atoms with Gasteiger partial charge in [0.05, 0.1) is 4.90 Å². The van der Waals surface area contributed by atoms with E-state index in [1.165, 1.54) is 19.1 Å². The van der Waals surface area contributed by atoms with E-state index in [0.717, 1.165) is 4.90 Å². The summed E-state index contributed by atoms with van der Waals surface area (Å²) < 4.78 is 25.4. The Labute approximate surface area is 140 Å². The van der Waals surface area contributed by atoms with Gasteiger partial charge in [-0.15, -0.1) is 0 Å². The number of benzene rings is 1. The van der Waals surface area contributed by atoms with E-state index in [-0.39, 0.29) is 41.6 Å². The summed E-state index contributed by atoms with van der Waals surface area (Å²) in [5, 5.41) is -1.16. The molecule has 2 atom stereocenters. The largest absolute Gasteiger partial charge is 0.370 e. The molecule has 1 aliphatic rings. The summed E-state index contributed by atoms with van der Waals surface area (Å²) in [6.07, 6.45) is 0.648. The molecule has 1 aromatic rings. The number of β-lactam (4-membered cyclic amide) rings is 1. The van der Waals surface area contributed by atoms with E-state index in [4.69, 9.17) is 11.5 Å². The van der Waals surface area contributed by atoms with Crippen molar-refractivity contribution < 1.29 is 18.0 Å². The number of rotatable bonds is 6. The maximum atomic E-state index is 12.7. The molecule has 0 saturated carbocycles. The van der Waals surface area contributed by atoms with Gasteiger partial charge in [-0.05, 0) is 25.0 Å². The first-order valence-electron chi connectivity index (χ1n) is 7.43. The molecule has 1 fully saturated rings. The molecule has 2 amide bonds. The van der Waals surface area contributed by atoms with Gasteiger partial charge >= 0.3 is 0 Å². The second-order valence-electron chi connectivity index (χ2n) is 5.58. The molecule has 0 spiro atoms. The Morgan fingerprint density at radius 1 is 1.33 bits per heavy atom. The van der Waals surface area contributed by atoms with Crippen LogP contribution < -0.4 is 11.5 Å². The fraction of sp³-hybridized carbons (Fsp3) is 0.400. The first kappa shape index (κ1) is 17.9. The Bertz CT molecular complexity index is 749. The number of nitrogens with two attached hydrogens (primary N) is 2. The average Bonchev–Trinajstić information content (AvgIpc) is 2.49. The minimum Gasteiger partial charge on any atom is -0.370 e. The molecule has 24 heavy (non-hydrogen) atoms. The van der Waals surface area contributed by atoms with Gasteiger partial charge < -0.3 is 11.5 Å². The molecule has 9 heteroatoms. The zero-order valence-electron chi connectivity index (χ0n) is 13.3. The molecule has 0 radical (unpaired) electrons. The van der Waals surface area contributed by atoms with Crippen LogP contribution in [0.4, 0.5) is 0 Å². The number of likely N-dealkylation sites (tertiary alicyclic amines) is 1. The maximum Gasteiger partial charge on any atom is 0.231 e. The first-order chi connectivity index (χ1) is 11.2. The highest BCUT2D eigenvalue weighted by Crippen LogP contribution is 2.27. The van der Waals surface area contributed by atoms with Crippen LogP contribution in [-0.4, -0.2) is 42.5 Å². The summed E-state index contributed by atoms with van der Waals surface area (Å²) >= 11 is 0. The lowest BCUT2D eigenvalue weighted by Gasteiger charge is -2.38. The standard InChI is InChI=1S/C15H20N4O4S/c1-10(20)19-11(9-14(19)21)7-8-13(18-15(16)17)24(22,23)12-5-3-2-4-6-12/h2-6,11,13H,7-9H2,1H3,(H4,16,17,18). The lowest BCUT2D eigenvalue weighted by atomic mass is 9.97. The van der Waals surface area contributed by atoms with E-state index < -0.39 is 15.2 Å². The van der Waals surface area contributed by atoms with Gasteiger partial charge in [-0.3, -0.25) is 14.5 Å². The number of carbonyl (C=O) groups is 2. The van der Waals surface area contributed by atoms with Gasteiger partial charge in [0.25, 0.3) is 0 Å². The fourth-order valence-electron chi connectivity index (χ4n) is 2.70. The van der Waals surface area contributed by atoms with Crippen molar-refractivity contribution in [2.45, 2.75) is 42.5 Å². The number of imide groups is 1. The minimum atomic E-state index is -3.76. The van der Waals surface area contributed by atoms with Crippen molar-refractivity contribution in [3.63, 3.8) is 0 Å². The van der Waals surface area contributed by atoms with Crippen LogP contribution >= 0.6 is 0 Å². The highest BCUT2D eigenvalue weighted by atomic mass is 32.2. The number of hydrogen-bond donors (Lipinski definition) is 2. The van der Waals surface area contributed by atoms with Crippen LogP contribution in [0.5, 0.6) is 0 Å². The molecule has 130 valence electrons. The van der Waals surface area contributed by atoms with Gasteiger partial charge in [0.2, 0.25) is 21.7 Å². The smallest absolute Gasteiger partial charge is 0.231 e. The zero-order valence-corrected chi connectivity index (χ0v) is 14.1. The molecule has 1 aromatic carbocycles. The highest BCUT2D eigenvalue weighted by molar-refractivity contribution is 7.92. The summed E-state index contributed by atoms with van der Waals surface area (Å²) in [6.45, 7) is 1.30. The number of hydrogen-bond acceptors (Lipinski definition) is 5. The van der Waals surface area contributed by atoms with E-state index >= 15 is 0 Å². The van der Waals surface area contributed by atoms with Crippen molar-refractivity contribution in [3.8, 4) is 0 Å². The Hall–Kier alpha value is -2.42. The van der Waals surface area contributed by atoms with E-state index in [1.807, 2.05) is 0 Å². The molecule has 8 nitrogen and oxygen atoms in total. The number of amides is 2. The van der Waals surface area contributed by atoms with Crippen molar-refractivity contribution in [1.29, 1.82) is 0 Å². The molecule has 0 bridgehead atoms. The third-order valence-electron chi connectivity index (χ3n) is 3.85. The predicted molar refractivity (Wildman–Crippen MR) is 88.4 cm³/mol. The third kappa shape index (κ3) is 3.73. The van der Waals surface area contributed by atoms with Crippen molar-refractivity contribution in [2.75, 3.05) is 0 Å². The SMILES string of the molecule is CC(=O)N1C(=O)CC1CCC(N=C(N)N)S(=O)(=O)c1ccccc1. The van der Waals surface area contributed by atoms with Gasteiger partial charge in [0, 0.05) is 19.4 Å². The molecule has 1 heterocycles. The Balaban J connectivity index is 2.17. The second-order valence-corrected chi connectivity index (χ2v) is 7.69. The Morgan fingerprint density at radius 3 is 2.46 bits per heavy atom. The van der Waals surface area contributed by atoms with Gasteiger partial charge in [-0.25, -0.2) is 13.4 Å². The lowest BCUT2D eigenvalue weighted by Crippen LogP contribution is -2.55. The number of guanidine groups is 1. The molecule has 0 aliphatic carbocycles. The summed E-state index contributed by atoms with van der Waals surface area (Å²) in [7, 11) is -3.76. The lowest BCUT2D eigenvalue weighted by molar-refractivity contribution is -0.157. The van der Waals surface area contributed by atoms with Gasteiger partial charge in [0.15, 0.2) is 11.3 Å². The highest BCUT2D eigenvalue weighted by Gasteiger charge is 2.39. The van der Waals surface area contributed by atoms with Crippen LogP contribution in [-0.2, 0) is 19.4 Å². The number of sulfone groups is 1. The molecule has 1 saturated heterocycles. The summed E-state index contributed by atoms with van der Waals surface area (Å²) in [5.41, 5.74) is 10.7. The molecular weight excluding hydrogens is 332 g/mol. The first-order valence-corrected chi connectivity index (χ1v) is 8.98. The van der Waals surface area contributed by atoms with Gasteiger partial charge in [-0.2, -0.15) is 0 Å². The van der Waals surface area contributed by atoms with Crippen LogP contribution in [0.1, 0.15) is 26.2 Å². The quantitative estimate of drug-likeness (QED) is 0.420. The van der Waals surface area contributed by atoms with Crippen molar-refractivity contribution in [3.05, 3.63) is 30.3 Å². The Kier molecular flexibility index (Phi) is 5.23. The van der Waals surface area contributed by atoms with Crippen molar-refractivity contribution in [2.24, 2.45) is 16.5 Å². The minimum absolute atomic E-state index is 0.108. The summed E-state index contributed by atoms with van der Waals surface area (Å²) in [6, 6.07) is 7.57. The van der Waals surface area contributed by atoms with Crippen molar-refractivity contribution in [1.82, 2.24) is 4.90 Å². The molecule has 2 rings (SSSR count). The number of nitrogens with zero attached hydrogens (tertiary/aromatic N) is 2. The van der Waals surface area contributed by atoms with Crippen LogP contribution in [0, 0.1) is 0 Å². The molecule has 2 unspecified atom stereocenters. The Morgan fingerprint density at radius 2 is 1.96 bits per heavy atom. The van der Waals surface area contributed by atoms with Gasteiger partial charge in [-0.1, -0.05) is 18.2 Å². The zero-order chi connectivity index (χ0) is 17.9. The average molecular weight is 352 g/mol. The van der Waals surface area contributed by atoms with E-state index in [2.05, 4.69) is 4.99 Å². The summed E-state index contributed by atoms with van der Waals surface area (Å²) in [5.74, 6) is -0.926. The third-order valence-corrected chi connectivity index (χ3v) is 5.84. The van der Waals surface area contributed by atoms with Crippen molar-refractivity contribution >= 4 is 27.6 Å². The fourth-order valence-corrected chi connectivity index (χ4v) is 4.26. The molecule has 1 aliphatic heterocycles. The van der Waals surface area contributed by atoms with Gasteiger partial charge in [0.1, 0.15) is 0 Å². The van der Waals surface area contributed by atoms with Crippen LogP contribution in [0.3, 0.4) is 0 Å². The number of aliphatic imine (C=N–C) groups is 1. The van der Waals surface area contributed by atoms with Crippen LogP contribution in [0.25, 0.3) is 0 Å². The summed E-state index contributed by atoms with van der Waals surface area (Å²) in [4.78, 5) is 27.9. The maximum absolute atomic E-state index is 12.7. The van der Waals surface area contributed by atoms with E-state index in [9.17, 15) is 18.0 Å². The normalized spacial score (nSPS) is 18.6. The molecule has 0 aromatic heterocycles. The van der Waals surface area contributed by atoms with E-state index in [0.29, 0.717) is 6.42 Å². The topological polar surface area (TPSA) is 136 Å². The predicted octanol–water partition coefficient (Wildman–Crippen LogP) is -0.0126. The molecular formula is C15H20N4O4S. The van der Waals surface area contributed by atoms with Crippen LogP contribution in [0.15, 0.2) is 40.2 Å². The van der Waals surface area contributed by atoms with E-state index in [1.54, 1.807) is 18.2 Å². The number of carbonyl (C=O) groups excluding carboxylic acids is 2. The second kappa shape index (κ2) is 7.00. The monoisotopic (exact) mass is 352 g/mol.